The number of carbonyl (C=O) groups excluding carboxylic acids is 2. The molecule has 0 aliphatic carbocycles. The molecule has 2 amide bonds. The number of piperazine rings is 1. The fourth-order valence-corrected chi connectivity index (χ4v) is 5.66. The molecule has 11 heteroatoms. The molecule has 0 bridgehead atoms. The Hall–Kier alpha value is -2.40. The van der Waals surface area contributed by atoms with E-state index in [9.17, 15) is 26.8 Å². The first-order valence-electron chi connectivity index (χ1n) is 9.95. The first-order valence-corrected chi connectivity index (χ1v) is 11.8. The molecule has 4 rings (SSSR count). The number of sulfonamides is 1. The molecule has 0 N–H and O–H groups in total. The Morgan fingerprint density at radius 3 is 2.12 bits per heavy atom. The van der Waals surface area contributed by atoms with Crippen molar-refractivity contribution < 1.29 is 26.8 Å². The summed E-state index contributed by atoms with van der Waals surface area (Å²) in [7, 11) is -4.37. The first kappa shape index (κ1) is 22.8. The van der Waals surface area contributed by atoms with E-state index in [1.807, 2.05) is 0 Å². The number of imide groups is 1. The van der Waals surface area contributed by atoms with Crippen LogP contribution < -0.4 is 0 Å². The van der Waals surface area contributed by atoms with Crippen molar-refractivity contribution in [2.75, 3.05) is 26.2 Å². The monoisotopic (exact) mass is 483 g/mol. The van der Waals surface area contributed by atoms with Gasteiger partial charge in [-0.25, -0.2) is 17.2 Å². The molecule has 0 radical (unpaired) electrons. The van der Waals surface area contributed by atoms with Gasteiger partial charge in [-0.1, -0.05) is 29.8 Å². The second kappa shape index (κ2) is 8.86. The lowest BCUT2D eigenvalue weighted by Gasteiger charge is -2.36. The third-order valence-corrected chi connectivity index (χ3v) is 7.91. The van der Waals surface area contributed by atoms with Gasteiger partial charge in [0.2, 0.25) is 21.8 Å². The quantitative estimate of drug-likeness (QED) is 0.610. The average Bonchev–Trinajstić information content (AvgIpc) is 3.03. The molecule has 2 heterocycles. The highest BCUT2D eigenvalue weighted by molar-refractivity contribution is 7.89. The summed E-state index contributed by atoms with van der Waals surface area (Å²) in [5.74, 6) is -2.96. The van der Waals surface area contributed by atoms with Crippen LogP contribution in [0.5, 0.6) is 0 Å². The van der Waals surface area contributed by atoms with Gasteiger partial charge in [0.15, 0.2) is 4.90 Å². The zero-order chi connectivity index (χ0) is 23.0. The number of amides is 2. The lowest BCUT2D eigenvalue weighted by molar-refractivity contribution is -0.140. The van der Waals surface area contributed by atoms with Crippen LogP contribution in [0.3, 0.4) is 0 Å². The maximum Gasteiger partial charge on any atom is 0.249 e. The highest BCUT2D eigenvalue weighted by atomic mass is 35.5. The fourth-order valence-electron chi connectivity index (χ4n) is 4.00. The summed E-state index contributed by atoms with van der Waals surface area (Å²) >= 11 is 5.87. The van der Waals surface area contributed by atoms with Crippen LogP contribution in [0, 0.1) is 11.6 Å². The van der Waals surface area contributed by atoms with E-state index in [0.717, 1.165) is 28.1 Å². The summed E-state index contributed by atoms with van der Waals surface area (Å²) < 4.78 is 54.5. The van der Waals surface area contributed by atoms with Crippen LogP contribution in [0.2, 0.25) is 5.02 Å². The van der Waals surface area contributed by atoms with Crippen molar-refractivity contribution in [3.63, 3.8) is 0 Å². The van der Waals surface area contributed by atoms with Crippen molar-refractivity contribution in [2.45, 2.75) is 23.9 Å². The number of benzene rings is 2. The summed E-state index contributed by atoms with van der Waals surface area (Å²) in [6, 6.07) is 9.03. The van der Waals surface area contributed by atoms with E-state index in [0.29, 0.717) is 5.02 Å². The van der Waals surface area contributed by atoms with Crippen molar-refractivity contribution in [1.29, 1.82) is 0 Å². The Kier molecular flexibility index (Phi) is 6.30. The zero-order valence-corrected chi connectivity index (χ0v) is 18.5. The minimum absolute atomic E-state index is 0.00111. The van der Waals surface area contributed by atoms with Crippen molar-refractivity contribution in [3.8, 4) is 0 Å². The van der Waals surface area contributed by atoms with Crippen LogP contribution in [-0.2, 0) is 26.2 Å². The maximum absolute atomic E-state index is 14.0. The number of halogens is 3. The van der Waals surface area contributed by atoms with E-state index in [2.05, 4.69) is 0 Å². The van der Waals surface area contributed by atoms with Gasteiger partial charge in [0.05, 0.1) is 19.0 Å². The summed E-state index contributed by atoms with van der Waals surface area (Å²) in [4.78, 5) is 27.3. The molecule has 7 nitrogen and oxygen atoms in total. The largest absolute Gasteiger partial charge is 0.289 e. The molecule has 0 spiro atoms. The van der Waals surface area contributed by atoms with Crippen LogP contribution in [-0.4, -0.2) is 66.6 Å². The Bertz CT molecular complexity index is 1130. The fraction of sp³-hybridized carbons (Fsp3) is 0.333. The molecule has 1 unspecified atom stereocenters. The minimum Gasteiger partial charge on any atom is -0.289 e. The molecule has 2 aromatic carbocycles. The van der Waals surface area contributed by atoms with Crippen LogP contribution in [0.15, 0.2) is 47.4 Å². The number of likely N-dealkylation sites (tertiary alicyclic amines) is 1. The van der Waals surface area contributed by atoms with Crippen LogP contribution in [0.25, 0.3) is 0 Å². The molecule has 170 valence electrons. The molecule has 0 saturated carbocycles. The lowest BCUT2D eigenvalue weighted by atomic mass is 10.2. The number of hydrogen-bond acceptors (Lipinski definition) is 5. The number of rotatable bonds is 5. The van der Waals surface area contributed by atoms with Gasteiger partial charge in [0, 0.05) is 31.2 Å². The van der Waals surface area contributed by atoms with E-state index in [1.54, 1.807) is 29.2 Å². The highest BCUT2D eigenvalue weighted by Crippen LogP contribution is 2.26. The van der Waals surface area contributed by atoms with Gasteiger partial charge in [-0.15, -0.1) is 0 Å². The van der Waals surface area contributed by atoms with Crippen LogP contribution in [0.1, 0.15) is 12.0 Å². The van der Waals surface area contributed by atoms with Gasteiger partial charge >= 0.3 is 0 Å². The van der Waals surface area contributed by atoms with Gasteiger partial charge in [0.1, 0.15) is 11.6 Å². The first-order chi connectivity index (χ1) is 15.2. The van der Waals surface area contributed by atoms with E-state index >= 15 is 0 Å². The van der Waals surface area contributed by atoms with Crippen molar-refractivity contribution >= 4 is 33.4 Å². The number of hydrogen-bond donors (Lipinski definition) is 0. The van der Waals surface area contributed by atoms with Gasteiger partial charge in [-0.3, -0.25) is 19.4 Å². The molecule has 2 aliphatic rings. The smallest absolute Gasteiger partial charge is 0.249 e. The van der Waals surface area contributed by atoms with E-state index in [4.69, 9.17) is 11.6 Å². The number of nitrogens with zero attached hydrogens (tertiary/aromatic N) is 3. The standard InChI is InChI=1S/C21H20ClF2N3O4S/c22-15-6-4-14(5-7-15)13-27-19(28)12-18(21(27)29)25-8-10-26(11-9-25)32(30,31)20-16(23)2-1-3-17(20)24/h1-7,18H,8-13H2. The summed E-state index contributed by atoms with van der Waals surface area (Å²) in [5.41, 5.74) is 0.763. The normalized spacial score (nSPS) is 20.8. The Morgan fingerprint density at radius 1 is 0.938 bits per heavy atom. The summed E-state index contributed by atoms with van der Waals surface area (Å²) in [5, 5.41) is 0.550. The maximum atomic E-state index is 14.0. The molecule has 2 aromatic rings. The van der Waals surface area contributed by atoms with Gasteiger partial charge in [-0.05, 0) is 29.8 Å². The molecule has 2 fully saturated rings. The van der Waals surface area contributed by atoms with Gasteiger partial charge < -0.3 is 0 Å². The topological polar surface area (TPSA) is 78.0 Å². The highest BCUT2D eigenvalue weighted by Gasteiger charge is 2.43. The summed E-state index contributed by atoms with van der Waals surface area (Å²) in [6.07, 6.45) is 0.00111. The number of carbonyl (C=O) groups is 2. The molecule has 1 atom stereocenters. The minimum atomic E-state index is -4.37. The predicted octanol–water partition coefficient (Wildman–Crippen LogP) is 2.25. The third-order valence-electron chi connectivity index (χ3n) is 5.70. The summed E-state index contributed by atoms with van der Waals surface area (Å²) in [6.45, 7) is 0.352. The Balaban J connectivity index is 1.42. The van der Waals surface area contributed by atoms with Crippen LogP contribution >= 0.6 is 11.6 Å². The average molecular weight is 484 g/mol. The predicted molar refractivity (Wildman–Crippen MR) is 112 cm³/mol. The third kappa shape index (κ3) is 4.27. The molecule has 32 heavy (non-hydrogen) atoms. The SMILES string of the molecule is O=C1CC(N2CCN(S(=O)(=O)c3c(F)cccc3F)CC2)C(=O)N1Cc1ccc(Cl)cc1. The van der Waals surface area contributed by atoms with Gasteiger partial charge in [-0.2, -0.15) is 4.31 Å². The van der Waals surface area contributed by atoms with Crippen molar-refractivity contribution in [3.05, 3.63) is 64.7 Å². The zero-order valence-electron chi connectivity index (χ0n) is 16.9. The Morgan fingerprint density at radius 2 is 1.53 bits per heavy atom. The van der Waals surface area contributed by atoms with E-state index in [-0.39, 0.29) is 51.0 Å². The molecule has 2 aliphatic heterocycles. The Labute approximate surface area is 189 Å². The second-order valence-corrected chi connectivity index (χ2v) is 9.97. The lowest BCUT2D eigenvalue weighted by Crippen LogP contribution is -2.53. The molecular weight excluding hydrogens is 464 g/mol. The van der Waals surface area contributed by atoms with Gasteiger partial charge in [0.25, 0.3) is 0 Å². The molecule has 2 saturated heterocycles. The molecule has 0 aromatic heterocycles. The van der Waals surface area contributed by atoms with E-state index < -0.39 is 32.6 Å². The van der Waals surface area contributed by atoms with Crippen molar-refractivity contribution in [1.82, 2.24) is 14.1 Å². The van der Waals surface area contributed by atoms with Crippen molar-refractivity contribution in [2.24, 2.45) is 0 Å². The second-order valence-electron chi connectivity index (χ2n) is 7.66. The molecular formula is C21H20ClF2N3O4S. The van der Waals surface area contributed by atoms with Crippen LogP contribution in [0.4, 0.5) is 8.78 Å². The van der Waals surface area contributed by atoms with E-state index in [1.165, 1.54) is 4.90 Å².